The maximum atomic E-state index is 11.9. The molecule has 0 aliphatic rings. The lowest BCUT2D eigenvalue weighted by atomic mass is 10.1. The van der Waals surface area contributed by atoms with Crippen molar-refractivity contribution in [2.75, 3.05) is 5.32 Å². The summed E-state index contributed by atoms with van der Waals surface area (Å²) in [5, 5.41) is 6.27. The summed E-state index contributed by atoms with van der Waals surface area (Å²) in [5.74, 6) is 1.12. The fourth-order valence-electron chi connectivity index (χ4n) is 1.68. The fourth-order valence-corrected chi connectivity index (χ4v) is 1.68. The van der Waals surface area contributed by atoms with Crippen molar-refractivity contribution in [3.8, 4) is 5.75 Å². The van der Waals surface area contributed by atoms with Gasteiger partial charge >= 0.3 is 0 Å². The molecule has 6 heteroatoms. The van der Waals surface area contributed by atoms with Gasteiger partial charge in [-0.25, -0.2) is 0 Å². The summed E-state index contributed by atoms with van der Waals surface area (Å²) >= 11 is 0. The van der Waals surface area contributed by atoms with Crippen molar-refractivity contribution in [1.29, 1.82) is 0 Å². The average Bonchev–Trinajstić information content (AvgIpc) is 2.84. The Kier molecular flexibility index (Phi) is 4.37. The van der Waals surface area contributed by atoms with Gasteiger partial charge in [0.1, 0.15) is 11.5 Å². The van der Waals surface area contributed by atoms with Gasteiger partial charge in [0.25, 0.3) is 5.91 Å². The molecule has 2 rings (SSSR count). The lowest BCUT2D eigenvalue weighted by Gasteiger charge is -2.13. The second kappa shape index (κ2) is 6.21. The van der Waals surface area contributed by atoms with Gasteiger partial charge in [0.2, 0.25) is 0 Å². The molecule has 21 heavy (non-hydrogen) atoms. The zero-order valence-electron chi connectivity index (χ0n) is 12.0. The van der Waals surface area contributed by atoms with Gasteiger partial charge in [-0.15, -0.1) is 0 Å². The molecule has 1 heterocycles. The minimum atomic E-state index is -0.704. The third-order valence-electron chi connectivity index (χ3n) is 2.82. The fraction of sp³-hybridized carbons (Fsp3) is 0.267. The Morgan fingerprint density at radius 2 is 1.95 bits per heavy atom. The van der Waals surface area contributed by atoms with Gasteiger partial charge in [-0.05, 0) is 45.0 Å². The molecule has 0 saturated heterocycles. The van der Waals surface area contributed by atoms with Crippen LogP contribution in [0.2, 0.25) is 0 Å². The first-order chi connectivity index (χ1) is 9.95. The highest BCUT2D eigenvalue weighted by Gasteiger charge is 2.16. The van der Waals surface area contributed by atoms with Crippen molar-refractivity contribution in [3.05, 3.63) is 41.7 Å². The number of ketones is 1. The summed E-state index contributed by atoms with van der Waals surface area (Å²) < 4.78 is 10.4. The number of benzene rings is 1. The molecule has 1 aromatic carbocycles. The molecule has 1 N–H and O–H groups in total. The molecule has 0 aliphatic carbocycles. The van der Waals surface area contributed by atoms with Crippen LogP contribution in [0.4, 0.5) is 5.82 Å². The van der Waals surface area contributed by atoms with Crippen molar-refractivity contribution >= 4 is 17.5 Å². The smallest absolute Gasteiger partial charge is 0.266 e. The SMILES string of the molecule is CC(=O)c1ccc(O[C@@H](C)C(=O)Nc2cc(C)on2)cc1. The van der Waals surface area contributed by atoms with E-state index in [1.54, 1.807) is 44.2 Å². The molecule has 0 saturated carbocycles. The molecular weight excluding hydrogens is 272 g/mol. The molecule has 6 nitrogen and oxygen atoms in total. The highest BCUT2D eigenvalue weighted by molar-refractivity contribution is 5.94. The van der Waals surface area contributed by atoms with Crippen molar-refractivity contribution in [2.24, 2.45) is 0 Å². The number of carbonyl (C=O) groups is 2. The summed E-state index contributed by atoms with van der Waals surface area (Å²) in [6.07, 6.45) is -0.704. The molecule has 0 radical (unpaired) electrons. The van der Waals surface area contributed by atoms with Gasteiger partial charge < -0.3 is 14.6 Å². The molecule has 0 spiro atoms. The highest BCUT2D eigenvalue weighted by Crippen LogP contribution is 2.15. The van der Waals surface area contributed by atoms with Crippen LogP contribution in [-0.4, -0.2) is 23.0 Å². The van der Waals surface area contributed by atoms with Crippen LogP contribution in [-0.2, 0) is 4.79 Å². The Morgan fingerprint density at radius 1 is 1.29 bits per heavy atom. The molecule has 1 atom stereocenters. The number of anilines is 1. The van der Waals surface area contributed by atoms with Crippen LogP contribution < -0.4 is 10.1 Å². The van der Waals surface area contributed by atoms with E-state index >= 15 is 0 Å². The van der Waals surface area contributed by atoms with Gasteiger partial charge in [-0.3, -0.25) is 9.59 Å². The van der Waals surface area contributed by atoms with Gasteiger partial charge in [-0.1, -0.05) is 5.16 Å². The van der Waals surface area contributed by atoms with Gasteiger partial charge in [0.05, 0.1) is 0 Å². The number of Topliss-reactive ketones (excluding diaryl/α,β-unsaturated/α-hetero) is 1. The molecule has 1 aromatic heterocycles. The van der Waals surface area contributed by atoms with Gasteiger partial charge in [-0.2, -0.15) is 0 Å². The molecule has 1 amide bonds. The quantitative estimate of drug-likeness (QED) is 0.855. The number of amides is 1. The second-order valence-corrected chi connectivity index (χ2v) is 4.65. The number of aromatic nitrogens is 1. The van der Waals surface area contributed by atoms with Crippen molar-refractivity contribution in [2.45, 2.75) is 26.9 Å². The predicted octanol–water partition coefficient (Wildman–Crippen LogP) is 2.59. The van der Waals surface area contributed by atoms with E-state index < -0.39 is 6.10 Å². The topological polar surface area (TPSA) is 81.4 Å². The van der Waals surface area contributed by atoms with Crippen LogP contribution in [0.3, 0.4) is 0 Å². The van der Waals surface area contributed by atoms with Gasteiger partial charge in [0, 0.05) is 11.6 Å². The zero-order chi connectivity index (χ0) is 15.4. The standard InChI is InChI=1S/C15H16N2O4/c1-9-8-14(17-21-9)16-15(19)11(3)20-13-6-4-12(5-7-13)10(2)18/h4-8,11H,1-3H3,(H,16,17,19)/t11-/m0/s1. The van der Waals surface area contributed by atoms with Crippen LogP contribution in [0, 0.1) is 6.92 Å². The minimum Gasteiger partial charge on any atom is -0.481 e. The van der Waals surface area contributed by atoms with Gasteiger partial charge in [0.15, 0.2) is 17.7 Å². The number of ether oxygens (including phenoxy) is 1. The lowest BCUT2D eigenvalue weighted by molar-refractivity contribution is -0.122. The second-order valence-electron chi connectivity index (χ2n) is 4.65. The molecule has 2 aromatic rings. The van der Waals surface area contributed by atoms with Crippen LogP contribution >= 0.6 is 0 Å². The van der Waals surface area contributed by atoms with Crippen LogP contribution in [0.1, 0.15) is 30.0 Å². The number of nitrogens with one attached hydrogen (secondary N) is 1. The monoisotopic (exact) mass is 288 g/mol. The number of carbonyl (C=O) groups excluding carboxylic acids is 2. The first kappa shape index (κ1) is 14.8. The molecule has 0 unspecified atom stereocenters. The number of hydrogen-bond acceptors (Lipinski definition) is 5. The van der Waals surface area contributed by atoms with E-state index in [0.29, 0.717) is 22.9 Å². The Hall–Kier alpha value is -2.63. The molecule has 110 valence electrons. The summed E-state index contributed by atoms with van der Waals surface area (Å²) in [5.41, 5.74) is 0.595. The molecule has 0 fully saturated rings. The summed E-state index contributed by atoms with van der Waals surface area (Å²) in [4.78, 5) is 23.1. The van der Waals surface area contributed by atoms with E-state index in [2.05, 4.69) is 10.5 Å². The number of hydrogen-bond donors (Lipinski definition) is 1. The number of nitrogens with zero attached hydrogens (tertiary/aromatic N) is 1. The van der Waals surface area contributed by atoms with E-state index in [4.69, 9.17) is 9.26 Å². The largest absolute Gasteiger partial charge is 0.481 e. The van der Waals surface area contributed by atoms with E-state index in [0.717, 1.165) is 0 Å². The first-order valence-electron chi connectivity index (χ1n) is 6.47. The van der Waals surface area contributed by atoms with E-state index in [1.807, 2.05) is 0 Å². The first-order valence-corrected chi connectivity index (χ1v) is 6.47. The average molecular weight is 288 g/mol. The number of rotatable bonds is 5. The predicted molar refractivity (Wildman–Crippen MR) is 76.4 cm³/mol. The van der Waals surface area contributed by atoms with E-state index in [-0.39, 0.29) is 11.7 Å². The van der Waals surface area contributed by atoms with Crippen LogP contribution in [0.5, 0.6) is 5.75 Å². The lowest BCUT2D eigenvalue weighted by Crippen LogP contribution is -2.30. The van der Waals surface area contributed by atoms with Crippen molar-refractivity contribution < 1.29 is 18.8 Å². The summed E-state index contributed by atoms with van der Waals surface area (Å²) in [6.45, 7) is 4.85. The summed E-state index contributed by atoms with van der Waals surface area (Å²) in [6, 6.07) is 8.24. The molecule has 0 bridgehead atoms. The minimum absolute atomic E-state index is 0.0197. The van der Waals surface area contributed by atoms with E-state index in [1.165, 1.54) is 6.92 Å². The third-order valence-corrected chi connectivity index (χ3v) is 2.82. The Bertz CT molecular complexity index is 646. The molecular formula is C15H16N2O4. The highest BCUT2D eigenvalue weighted by atomic mass is 16.5. The number of aryl methyl sites for hydroxylation is 1. The zero-order valence-corrected chi connectivity index (χ0v) is 12.0. The normalized spacial score (nSPS) is 11.8. The van der Waals surface area contributed by atoms with Crippen molar-refractivity contribution in [3.63, 3.8) is 0 Å². The Balaban J connectivity index is 1.95. The maximum Gasteiger partial charge on any atom is 0.266 e. The van der Waals surface area contributed by atoms with Crippen molar-refractivity contribution in [1.82, 2.24) is 5.16 Å². The van der Waals surface area contributed by atoms with Crippen LogP contribution in [0.25, 0.3) is 0 Å². The Morgan fingerprint density at radius 3 is 2.48 bits per heavy atom. The Labute approximate surface area is 122 Å². The summed E-state index contributed by atoms with van der Waals surface area (Å²) in [7, 11) is 0. The third kappa shape index (κ3) is 3.92. The van der Waals surface area contributed by atoms with E-state index in [9.17, 15) is 9.59 Å². The maximum absolute atomic E-state index is 11.9. The molecule has 0 aliphatic heterocycles. The van der Waals surface area contributed by atoms with Crippen LogP contribution in [0.15, 0.2) is 34.9 Å².